The van der Waals surface area contributed by atoms with Crippen molar-refractivity contribution in [3.63, 3.8) is 0 Å². The van der Waals surface area contributed by atoms with Crippen molar-refractivity contribution in [3.05, 3.63) is 16.1 Å². The summed E-state index contributed by atoms with van der Waals surface area (Å²) in [6.45, 7) is 5.92. The lowest BCUT2D eigenvalue weighted by Crippen LogP contribution is -2.19. The molecular weight excluding hydrogens is 198 g/mol. The van der Waals surface area contributed by atoms with Gasteiger partial charge in [-0.05, 0) is 12.8 Å². The van der Waals surface area contributed by atoms with Crippen LogP contribution in [0.3, 0.4) is 0 Å². The van der Waals surface area contributed by atoms with E-state index in [1.807, 2.05) is 26.2 Å². The molecule has 1 aromatic rings. The van der Waals surface area contributed by atoms with Gasteiger partial charge in [-0.2, -0.15) is 0 Å². The van der Waals surface area contributed by atoms with Crippen LogP contribution in [-0.2, 0) is 9.53 Å². The number of carbonyl (C=O) groups excluding carboxylic acids is 1. The van der Waals surface area contributed by atoms with E-state index in [2.05, 4.69) is 4.98 Å². The number of aryl methyl sites for hydroxylation is 1. The molecule has 14 heavy (non-hydrogen) atoms. The highest BCUT2D eigenvalue weighted by Crippen LogP contribution is 2.28. The lowest BCUT2D eigenvalue weighted by molar-refractivity contribution is -0.143. The third kappa shape index (κ3) is 2.32. The Morgan fingerprint density at radius 2 is 2.21 bits per heavy atom. The van der Waals surface area contributed by atoms with Crippen LogP contribution in [0.4, 0.5) is 0 Å². The van der Waals surface area contributed by atoms with Gasteiger partial charge in [0.25, 0.3) is 0 Å². The average molecular weight is 213 g/mol. The number of rotatable bonds is 3. The molecule has 0 saturated heterocycles. The Morgan fingerprint density at radius 3 is 2.57 bits per heavy atom. The molecule has 0 radical (unpaired) electrons. The first-order chi connectivity index (χ1) is 6.56. The summed E-state index contributed by atoms with van der Waals surface area (Å²) in [6, 6.07) is 0. The van der Waals surface area contributed by atoms with Gasteiger partial charge in [-0.25, -0.2) is 4.98 Å². The zero-order chi connectivity index (χ0) is 10.7. The fourth-order valence-corrected chi connectivity index (χ4v) is 2.36. The second-order valence-electron chi connectivity index (χ2n) is 3.57. The van der Waals surface area contributed by atoms with E-state index in [1.165, 1.54) is 18.4 Å². The molecule has 0 aliphatic carbocycles. The minimum atomic E-state index is -0.223. The third-order valence-electron chi connectivity index (χ3n) is 2.02. The molecule has 0 saturated carbocycles. The zero-order valence-electron chi connectivity index (χ0n) is 8.90. The maximum absolute atomic E-state index is 11.5. The topological polar surface area (TPSA) is 39.2 Å². The first-order valence-electron chi connectivity index (χ1n) is 4.56. The molecule has 0 N–H and O–H groups in total. The van der Waals surface area contributed by atoms with Crippen molar-refractivity contribution in [1.29, 1.82) is 0 Å². The highest BCUT2D eigenvalue weighted by atomic mass is 32.1. The summed E-state index contributed by atoms with van der Waals surface area (Å²) in [6.07, 6.45) is 0. The van der Waals surface area contributed by atoms with Gasteiger partial charge in [-0.3, -0.25) is 4.79 Å². The number of esters is 1. The summed E-state index contributed by atoms with van der Waals surface area (Å²) in [5.41, 5.74) is 0.958. The molecule has 0 spiro atoms. The van der Waals surface area contributed by atoms with Crippen LogP contribution < -0.4 is 0 Å². The molecule has 78 valence electrons. The van der Waals surface area contributed by atoms with Crippen molar-refractivity contribution in [2.24, 2.45) is 5.92 Å². The predicted molar refractivity (Wildman–Crippen MR) is 56.4 cm³/mol. The fourth-order valence-electron chi connectivity index (χ4n) is 1.30. The van der Waals surface area contributed by atoms with Gasteiger partial charge in [0.05, 0.1) is 7.11 Å². The van der Waals surface area contributed by atoms with E-state index in [-0.39, 0.29) is 17.8 Å². The zero-order valence-corrected chi connectivity index (χ0v) is 9.72. The van der Waals surface area contributed by atoms with Crippen LogP contribution in [0.1, 0.15) is 30.5 Å². The lowest BCUT2D eigenvalue weighted by Gasteiger charge is -2.15. The SMILES string of the molecule is COC(=O)C(c1nc(C)cs1)C(C)C. The molecular formula is C10H15NO2S. The van der Waals surface area contributed by atoms with Crippen LogP contribution in [0.2, 0.25) is 0 Å². The molecule has 0 aliphatic heterocycles. The molecule has 3 nitrogen and oxygen atoms in total. The highest BCUT2D eigenvalue weighted by Gasteiger charge is 2.27. The van der Waals surface area contributed by atoms with Crippen molar-refractivity contribution in [3.8, 4) is 0 Å². The molecule has 0 aromatic carbocycles. The van der Waals surface area contributed by atoms with Gasteiger partial charge in [-0.15, -0.1) is 11.3 Å². The van der Waals surface area contributed by atoms with E-state index in [0.717, 1.165) is 10.7 Å². The first kappa shape index (κ1) is 11.2. The number of hydrogen-bond acceptors (Lipinski definition) is 4. The Labute approximate surface area is 88.1 Å². The molecule has 0 amide bonds. The third-order valence-corrected chi connectivity index (χ3v) is 3.07. The second kappa shape index (κ2) is 4.55. The van der Waals surface area contributed by atoms with Gasteiger partial charge in [0.2, 0.25) is 0 Å². The maximum Gasteiger partial charge on any atom is 0.315 e. The number of aromatic nitrogens is 1. The molecule has 1 heterocycles. The average Bonchev–Trinajstić information content (AvgIpc) is 2.51. The molecule has 1 rings (SSSR count). The van der Waals surface area contributed by atoms with Crippen molar-refractivity contribution in [2.75, 3.05) is 7.11 Å². The summed E-state index contributed by atoms with van der Waals surface area (Å²) in [5, 5.41) is 2.80. The largest absolute Gasteiger partial charge is 0.468 e. The number of methoxy groups -OCH3 is 1. The number of nitrogens with zero attached hydrogens (tertiary/aromatic N) is 1. The van der Waals surface area contributed by atoms with Crippen molar-refractivity contribution < 1.29 is 9.53 Å². The lowest BCUT2D eigenvalue weighted by atomic mass is 9.97. The molecule has 4 heteroatoms. The predicted octanol–water partition coefficient (Wildman–Crippen LogP) is 2.36. The van der Waals surface area contributed by atoms with Crippen LogP contribution in [0.15, 0.2) is 5.38 Å². The van der Waals surface area contributed by atoms with E-state index >= 15 is 0 Å². The van der Waals surface area contributed by atoms with Crippen LogP contribution in [0, 0.1) is 12.8 Å². The molecule has 0 aliphatic rings. The van der Waals surface area contributed by atoms with Crippen LogP contribution >= 0.6 is 11.3 Å². The van der Waals surface area contributed by atoms with Crippen LogP contribution in [0.25, 0.3) is 0 Å². The summed E-state index contributed by atoms with van der Waals surface area (Å²) in [4.78, 5) is 15.8. The summed E-state index contributed by atoms with van der Waals surface area (Å²) >= 11 is 1.52. The van der Waals surface area contributed by atoms with E-state index in [9.17, 15) is 4.79 Å². The summed E-state index contributed by atoms with van der Waals surface area (Å²) < 4.78 is 4.77. The van der Waals surface area contributed by atoms with Gasteiger partial charge in [0, 0.05) is 11.1 Å². The van der Waals surface area contributed by atoms with Crippen molar-refractivity contribution in [1.82, 2.24) is 4.98 Å². The normalized spacial score (nSPS) is 12.9. The standard InChI is InChI=1S/C10H15NO2S/c1-6(2)8(10(12)13-4)9-11-7(3)5-14-9/h5-6,8H,1-4H3. The number of hydrogen-bond donors (Lipinski definition) is 0. The van der Waals surface area contributed by atoms with Crippen molar-refractivity contribution >= 4 is 17.3 Å². The Morgan fingerprint density at radius 1 is 1.57 bits per heavy atom. The Kier molecular flexibility index (Phi) is 3.63. The first-order valence-corrected chi connectivity index (χ1v) is 5.44. The van der Waals surface area contributed by atoms with Crippen molar-refractivity contribution in [2.45, 2.75) is 26.7 Å². The highest BCUT2D eigenvalue weighted by molar-refractivity contribution is 7.09. The maximum atomic E-state index is 11.5. The molecule has 1 atom stereocenters. The van der Waals surface area contributed by atoms with E-state index < -0.39 is 0 Å². The van der Waals surface area contributed by atoms with Gasteiger partial charge >= 0.3 is 5.97 Å². The van der Waals surface area contributed by atoms with E-state index in [0.29, 0.717) is 0 Å². The molecule has 0 bridgehead atoms. The Balaban J connectivity index is 2.94. The van der Waals surface area contributed by atoms with E-state index in [1.54, 1.807) is 0 Å². The Bertz CT molecular complexity index is 320. The minimum Gasteiger partial charge on any atom is -0.468 e. The fraction of sp³-hybridized carbons (Fsp3) is 0.600. The molecule has 0 fully saturated rings. The van der Waals surface area contributed by atoms with Gasteiger partial charge in [0.15, 0.2) is 0 Å². The second-order valence-corrected chi connectivity index (χ2v) is 4.46. The quantitative estimate of drug-likeness (QED) is 0.723. The van der Waals surface area contributed by atoms with Crippen LogP contribution in [-0.4, -0.2) is 18.1 Å². The monoisotopic (exact) mass is 213 g/mol. The van der Waals surface area contributed by atoms with Gasteiger partial charge in [-0.1, -0.05) is 13.8 Å². The summed E-state index contributed by atoms with van der Waals surface area (Å²) in [7, 11) is 1.41. The minimum absolute atomic E-state index is 0.200. The van der Waals surface area contributed by atoms with Crippen LogP contribution in [0.5, 0.6) is 0 Å². The molecule has 1 unspecified atom stereocenters. The van der Waals surface area contributed by atoms with Gasteiger partial charge < -0.3 is 4.74 Å². The number of thiazole rings is 1. The number of ether oxygens (including phenoxy) is 1. The van der Waals surface area contributed by atoms with Gasteiger partial charge in [0.1, 0.15) is 10.9 Å². The molecule has 1 aromatic heterocycles. The summed E-state index contributed by atoms with van der Waals surface area (Å²) in [5.74, 6) is -0.207. The smallest absolute Gasteiger partial charge is 0.315 e. The number of carbonyl (C=O) groups is 1. The Hall–Kier alpha value is -0.900. The van der Waals surface area contributed by atoms with E-state index in [4.69, 9.17) is 4.74 Å².